The summed E-state index contributed by atoms with van der Waals surface area (Å²) in [6.07, 6.45) is -2.50. The molecule has 0 saturated carbocycles. The minimum absolute atomic E-state index is 0.104. The first-order valence-corrected chi connectivity index (χ1v) is 7.57. The molecule has 1 aromatic carbocycles. The third-order valence-corrected chi connectivity index (χ3v) is 3.68. The number of rotatable bonds is 7. The zero-order chi connectivity index (χ0) is 16.0. The minimum atomic E-state index is -2.50. The highest BCUT2D eigenvalue weighted by Gasteiger charge is 2.16. The summed E-state index contributed by atoms with van der Waals surface area (Å²) in [6, 6.07) is 5.43. The van der Waals surface area contributed by atoms with Crippen LogP contribution in [0.5, 0.6) is 11.5 Å². The molecule has 1 unspecified atom stereocenters. The van der Waals surface area contributed by atoms with Crippen molar-refractivity contribution >= 4 is 11.9 Å². The standard InChI is InChI=1S/C15H23F2NO2S/c1-10(18-21-15(2,3)4)11-6-7-12(13(8-11)19-5)20-9-14(16)17/h6-8,10,14,18H,9H2,1-5H3. The van der Waals surface area contributed by atoms with E-state index in [4.69, 9.17) is 9.47 Å². The molecule has 0 amide bonds. The van der Waals surface area contributed by atoms with Crippen molar-refractivity contribution in [3.05, 3.63) is 23.8 Å². The molecule has 0 heterocycles. The summed E-state index contributed by atoms with van der Waals surface area (Å²) in [6.45, 7) is 7.77. The summed E-state index contributed by atoms with van der Waals surface area (Å²) in [5, 5.41) is 0. The molecule has 120 valence electrons. The molecule has 0 aliphatic rings. The Hall–Kier alpha value is -1.01. The van der Waals surface area contributed by atoms with Gasteiger partial charge in [0.1, 0.15) is 6.61 Å². The summed E-state index contributed by atoms with van der Waals surface area (Å²) < 4.78 is 38.1. The van der Waals surface area contributed by atoms with E-state index in [-0.39, 0.29) is 10.8 Å². The van der Waals surface area contributed by atoms with Crippen LogP contribution in [0.3, 0.4) is 0 Å². The van der Waals surface area contributed by atoms with Crippen molar-refractivity contribution in [3.8, 4) is 11.5 Å². The van der Waals surface area contributed by atoms with Crippen LogP contribution in [0, 0.1) is 0 Å². The topological polar surface area (TPSA) is 30.5 Å². The Bertz CT molecular complexity index is 450. The fourth-order valence-corrected chi connectivity index (χ4v) is 2.23. The number of benzene rings is 1. The summed E-state index contributed by atoms with van der Waals surface area (Å²) in [5.41, 5.74) is 1.01. The van der Waals surface area contributed by atoms with Crippen molar-refractivity contribution in [1.29, 1.82) is 0 Å². The van der Waals surface area contributed by atoms with Crippen molar-refractivity contribution in [2.45, 2.75) is 44.9 Å². The van der Waals surface area contributed by atoms with Gasteiger partial charge in [-0.15, -0.1) is 0 Å². The van der Waals surface area contributed by atoms with Gasteiger partial charge in [0.05, 0.1) is 7.11 Å². The van der Waals surface area contributed by atoms with Crippen LogP contribution in [0.2, 0.25) is 0 Å². The van der Waals surface area contributed by atoms with E-state index in [1.165, 1.54) is 7.11 Å². The predicted octanol–water partition coefficient (Wildman–Crippen LogP) is 4.44. The first-order chi connectivity index (χ1) is 9.73. The van der Waals surface area contributed by atoms with Gasteiger partial charge in [-0.05, 0) is 45.4 Å². The molecule has 1 aromatic rings. The third-order valence-electron chi connectivity index (χ3n) is 2.59. The van der Waals surface area contributed by atoms with Gasteiger partial charge in [0, 0.05) is 10.8 Å². The van der Waals surface area contributed by atoms with Gasteiger partial charge in [0.2, 0.25) is 0 Å². The molecule has 0 saturated heterocycles. The summed E-state index contributed by atoms with van der Waals surface area (Å²) in [5.74, 6) is 0.791. The van der Waals surface area contributed by atoms with Crippen molar-refractivity contribution < 1.29 is 18.3 Å². The largest absolute Gasteiger partial charge is 0.493 e. The Kier molecular flexibility index (Phi) is 6.74. The van der Waals surface area contributed by atoms with E-state index in [9.17, 15) is 8.78 Å². The second kappa shape index (κ2) is 7.84. The Labute approximate surface area is 129 Å². The zero-order valence-electron chi connectivity index (χ0n) is 13.1. The van der Waals surface area contributed by atoms with Crippen LogP contribution in [-0.2, 0) is 0 Å². The SMILES string of the molecule is COc1cc(C(C)NSC(C)(C)C)ccc1OCC(F)F. The van der Waals surface area contributed by atoms with E-state index >= 15 is 0 Å². The first-order valence-electron chi connectivity index (χ1n) is 6.75. The van der Waals surface area contributed by atoms with Gasteiger partial charge in [-0.3, -0.25) is 4.72 Å². The van der Waals surface area contributed by atoms with Crippen molar-refractivity contribution in [3.63, 3.8) is 0 Å². The maximum atomic E-state index is 12.2. The second-order valence-corrected chi connectivity index (χ2v) is 7.33. The van der Waals surface area contributed by atoms with Crippen LogP contribution in [0.25, 0.3) is 0 Å². The molecular formula is C15H23F2NO2S. The predicted molar refractivity (Wildman–Crippen MR) is 83.4 cm³/mol. The van der Waals surface area contributed by atoms with Gasteiger partial charge < -0.3 is 9.47 Å². The van der Waals surface area contributed by atoms with Gasteiger partial charge in [-0.1, -0.05) is 18.0 Å². The smallest absolute Gasteiger partial charge is 0.272 e. The molecule has 6 heteroatoms. The molecule has 0 aliphatic heterocycles. The van der Waals surface area contributed by atoms with Gasteiger partial charge in [-0.25, -0.2) is 8.78 Å². The Morgan fingerprint density at radius 1 is 1.24 bits per heavy atom. The number of halogens is 2. The van der Waals surface area contributed by atoms with E-state index in [0.717, 1.165) is 5.56 Å². The van der Waals surface area contributed by atoms with E-state index < -0.39 is 13.0 Å². The number of alkyl halides is 2. The Morgan fingerprint density at radius 3 is 2.43 bits per heavy atom. The monoisotopic (exact) mass is 319 g/mol. The van der Waals surface area contributed by atoms with Crippen LogP contribution in [0.15, 0.2) is 18.2 Å². The molecule has 0 aromatic heterocycles. The van der Waals surface area contributed by atoms with Gasteiger partial charge in [-0.2, -0.15) is 0 Å². The van der Waals surface area contributed by atoms with Crippen LogP contribution in [-0.4, -0.2) is 24.9 Å². The first kappa shape index (κ1) is 18.0. The van der Waals surface area contributed by atoms with Crippen molar-refractivity contribution in [2.24, 2.45) is 0 Å². The highest BCUT2D eigenvalue weighted by atomic mass is 32.2. The van der Waals surface area contributed by atoms with Crippen LogP contribution in [0.4, 0.5) is 8.78 Å². The molecule has 1 rings (SSSR count). The molecule has 1 atom stereocenters. The maximum absolute atomic E-state index is 12.2. The van der Waals surface area contributed by atoms with E-state index in [2.05, 4.69) is 25.5 Å². The summed E-state index contributed by atoms with van der Waals surface area (Å²) in [7, 11) is 1.50. The van der Waals surface area contributed by atoms with Crippen molar-refractivity contribution in [2.75, 3.05) is 13.7 Å². The number of ether oxygens (including phenoxy) is 2. The molecule has 0 radical (unpaired) electrons. The Morgan fingerprint density at radius 2 is 1.90 bits per heavy atom. The van der Waals surface area contributed by atoms with Gasteiger partial charge >= 0.3 is 0 Å². The van der Waals surface area contributed by atoms with E-state index in [1.807, 2.05) is 19.1 Å². The molecule has 0 spiro atoms. The average Bonchev–Trinajstić information content (AvgIpc) is 2.41. The molecule has 21 heavy (non-hydrogen) atoms. The summed E-state index contributed by atoms with van der Waals surface area (Å²) in [4.78, 5) is 0. The maximum Gasteiger partial charge on any atom is 0.272 e. The molecule has 3 nitrogen and oxygen atoms in total. The normalized spacial score (nSPS) is 13.3. The highest BCUT2D eigenvalue weighted by Crippen LogP contribution is 2.32. The quantitative estimate of drug-likeness (QED) is 0.753. The van der Waals surface area contributed by atoms with Gasteiger partial charge in [0.25, 0.3) is 6.43 Å². The molecule has 0 fully saturated rings. The number of hydrogen-bond acceptors (Lipinski definition) is 4. The number of nitrogens with one attached hydrogen (secondary N) is 1. The lowest BCUT2D eigenvalue weighted by atomic mass is 10.1. The van der Waals surface area contributed by atoms with E-state index in [1.54, 1.807) is 18.0 Å². The zero-order valence-corrected chi connectivity index (χ0v) is 13.9. The Balaban J connectivity index is 2.76. The minimum Gasteiger partial charge on any atom is -0.493 e. The summed E-state index contributed by atoms with van der Waals surface area (Å²) >= 11 is 1.65. The average molecular weight is 319 g/mol. The lowest BCUT2D eigenvalue weighted by molar-refractivity contribution is 0.0804. The van der Waals surface area contributed by atoms with Crippen LogP contribution in [0.1, 0.15) is 39.3 Å². The highest BCUT2D eigenvalue weighted by molar-refractivity contribution is 7.98. The van der Waals surface area contributed by atoms with Crippen LogP contribution < -0.4 is 14.2 Å². The third kappa shape index (κ3) is 6.52. The molecule has 1 N–H and O–H groups in total. The number of methoxy groups -OCH3 is 1. The lowest BCUT2D eigenvalue weighted by Gasteiger charge is -2.22. The van der Waals surface area contributed by atoms with Gasteiger partial charge in [0.15, 0.2) is 11.5 Å². The molecular weight excluding hydrogens is 296 g/mol. The number of hydrogen-bond donors (Lipinski definition) is 1. The fourth-order valence-electron chi connectivity index (χ4n) is 1.56. The second-order valence-electron chi connectivity index (χ2n) is 5.67. The van der Waals surface area contributed by atoms with Crippen LogP contribution >= 0.6 is 11.9 Å². The van der Waals surface area contributed by atoms with E-state index in [0.29, 0.717) is 11.5 Å². The van der Waals surface area contributed by atoms with Crippen molar-refractivity contribution in [1.82, 2.24) is 4.72 Å². The fraction of sp³-hybridized carbons (Fsp3) is 0.600. The molecule has 0 bridgehead atoms. The lowest BCUT2D eigenvalue weighted by Crippen LogP contribution is -2.19. The molecule has 0 aliphatic carbocycles.